The predicted octanol–water partition coefficient (Wildman–Crippen LogP) is 4.73. The van der Waals surface area contributed by atoms with Crippen molar-refractivity contribution >= 4 is 11.6 Å². The van der Waals surface area contributed by atoms with Gasteiger partial charge in [0.05, 0.1) is 12.0 Å². The number of halogens is 1. The Balaban J connectivity index is 1.74. The van der Waals surface area contributed by atoms with Crippen molar-refractivity contribution in [2.24, 2.45) is 11.8 Å². The lowest BCUT2D eigenvalue weighted by Gasteiger charge is -2.29. The molecule has 18 heavy (non-hydrogen) atoms. The van der Waals surface area contributed by atoms with Gasteiger partial charge in [-0.25, -0.2) is 0 Å². The number of fused-ring (bicyclic) bond motifs is 1. The molecule has 1 atom stereocenters. The van der Waals surface area contributed by atoms with Crippen molar-refractivity contribution in [1.82, 2.24) is 0 Å². The molecular formula is C16H21ClO. The SMILES string of the molecule is CC1CCC(C(Cl)c2ccc3c(c2)CCO3)CC1. The second-order valence-corrected chi connectivity index (χ2v) is 6.36. The normalized spacial score (nSPS) is 28.6. The molecule has 1 nitrogen and oxygen atoms in total. The van der Waals surface area contributed by atoms with Gasteiger partial charge in [0.2, 0.25) is 0 Å². The monoisotopic (exact) mass is 264 g/mol. The van der Waals surface area contributed by atoms with Crippen molar-refractivity contribution in [3.8, 4) is 5.75 Å². The summed E-state index contributed by atoms with van der Waals surface area (Å²) in [7, 11) is 0. The molecule has 1 aliphatic heterocycles. The van der Waals surface area contributed by atoms with Gasteiger partial charge in [-0.2, -0.15) is 0 Å². The quantitative estimate of drug-likeness (QED) is 0.702. The van der Waals surface area contributed by atoms with Crippen LogP contribution in [0.4, 0.5) is 0 Å². The molecule has 0 spiro atoms. The van der Waals surface area contributed by atoms with E-state index in [2.05, 4.69) is 25.1 Å². The molecule has 3 rings (SSSR count). The van der Waals surface area contributed by atoms with E-state index < -0.39 is 0 Å². The first-order chi connectivity index (χ1) is 8.74. The summed E-state index contributed by atoms with van der Waals surface area (Å²) in [6, 6.07) is 6.51. The zero-order valence-corrected chi connectivity index (χ0v) is 11.7. The molecule has 1 fully saturated rings. The van der Waals surface area contributed by atoms with Gasteiger partial charge in [0.15, 0.2) is 0 Å². The number of ether oxygens (including phenoxy) is 1. The molecule has 1 aromatic carbocycles. The Morgan fingerprint density at radius 2 is 2.00 bits per heavy atom. The summed E-state index contributed by atoms with van der Waals surface area (Å²) in [5, 5.41) is 0.184. The summed E-state index contributed by atoms with van der Waals surface area (Å²) in [5.74, 6) is 2.60. The number of rotatable bonds is 2. The smallest absolute Gasteiger partial charge is 0.122 e. The predicted molar refractivity (Wildman–Crippen MR) is 75.4 cm³/mol. The highest BCUT2D eigenvalue weighted by Crippen LogP contribution is 2.41. The molecule has 0 amide bonds. The van der Waals surface area contributed by atoms with E-state index in [-0.39, 0.29) is 5.38 Å². The van der Waals surface area contributed by atoms with Gasteiger partial charge in [0.1, 0.15) is 5.75 Å². The largest absolute Gasteiger partial charge is 0.493 e. The van der Waals surface area contributed by atoms with E-state index in [4.69, 9.17) is 16.3 Å². The number of benzene rings is 1. The summed E-state index contributed by atoms with van der Waals surface area (Å²) < 4.78 is 5.55. The number of hydrogen-bond donors (Lipinski definition) is 0. The van der Waals surface area contributed by atoms with Crippen molar-refractivity contribution in [3.05, 3.63) is 29.3 Å². The minimum absolute atomic E-state index is 0.184. The van der Waals surface area contributed by atoms with E-state index in [0.717, 1.165) is 24.7 Å². The van der Waals surface area contributed by atoms with Crippen LogP contribution in [0.3, 0.4) is 0 Å². The molecule has 0 bridgehead atoms. The van der Waals surface area contributed by atoms with Crippen molar-refractivity contribution in [2.75, 3.05) is 6.61 Å². The molecule has 0 saturated heterocycles. The Kier molecular flexibility index (Phi) is 3.52. The van der Waals surface area contributed by atoms with Crippen LogP contribution in [0.25, 0.3) is 0 Å². The standard InChI is InChI=1S/C16H21ClO/c1-11-2-4-12(5-3-11)16(17)14-6-7-15-13(10-14)8-9-18-15/h6-7,10-12,16H,2-5,8-9H2,1H3. The first-order valence-corrected chi connectivity index (χ1v) is 7.57. The van der Waals surface area contributed by atoms with Gasteiger partial charge >= 0.3 is 0 Å². The molecule has 0 aromatic heterocycles. The maximum Gasteiger partial charge on any atom is 0.122 e. The second kappa shape index (κ2) is 5.13. The average molecular weight is 265 g/mol. The highest BCUT2D eigenvalue weighted by atomic mass is 35.5. The van der Waals surface area contributed by atoms with Crippen LogP contribution in [0, 0.1) is 11.8 Å². The summed E-state index contributed by atoms with van der Waals surface area (Å²) in [4.78, 5) is 0. The van der Waals surface area contributed by atoms with Crippen LogP contribution in [0.1, 0.15) is 49.1 Å². The molecule has 98 valence electrons. The molecule has 1 saturated carbocycles. The Morgan fingerprint density at radius 3 is 2.78 bits per heavy atom. The lowest BCUT2D eigenvalue weighted by Crippen LogP contribution is -2.16. The van der Waals surface area contributed by atoms with E-state index >= 15 is 0 Å². The van der Waals surface area contributed by atoms with Crippen molar-refractivity contribution in [3.63, 3.8) is 0 Å². The van der Waals surface area contributed by atoms with Crippen LogP contribution in [-0.4, -0.2) is 6.61 Å². The first-order valence-electron chi connectivity index (χ1n) is 7.13. The van der Waals surface area contributed by atoms with E-state index in [1.54, 1.807) is 0 Å². The van der Waals surface area contributed by atoms with Crippen LogP contribution in [0.2, 0.25) is 0 Å². The topological polar surface area (TPSA) is 9.23 Å². The Morgan fingerprint density at radius 1 is 1.22 bits per heavy atom. The van der Waals surface area contributed by atoms with Crippen molar-refractivity contribution in [1.29, 1.82) is 0 Å². The van der Waals surface area contributed by atoms with E-state index in [9.17, 15) is 0 Å². The minimum Gasteiger partial charge on any atom is -0.493 e. The van der Waals surface area contributed by atoms with E-state index in [1.807, 2.05) is 0 Å². The van der Waals surface area contributed by atoms with Gasteiger partial charge in [0, 0.05) is 6.42 Å². The zero-order chi connectivity index (χ0) is 12.5. The summed E-state index contributed by atoms with van der Waals surface area (Å²) >= 11 is 6.69. The minimum atomic E-state index is 0.184. The number of hydrogen-bond acceptors (Lipinski definition) is 1. The van der Waals surface area contributed by atoms with Crippen molar-refractivity contribution in [2.45, 2.75) is 44.4 Å². The molecule has 0 N–H and O–H groups in total. The Bertz CT molecular complexity index is 421. The van der Waals surface area contributed by atoms with Gasteiger partial charge < -0.3 is 4.74 Å². The molecular weight excluding hydrogens is 244 g/mol. The third-order valence-electron chi connectivity index (χ3n) is 4.51. The van der Waals surface area contributed by atoms with E-state index in [0.29, 0.717) is 5.92 Å². The molecule has 1 aliphatic carbocycles. The van der Waals surface area contributed by atoms with Gasteiger partial charge in [-0.1, -0.05) is 31.9 Å². The zero-order valence-electron chi connectivity index (χ0n) is 11.0. The fourth-order valence-electron chi connectivity index (χ4n) is 3.23. The van der Waals surface area contributed by atoms with E-state index in [1.165, 1.54) is 36.8 Å². The Hall–Kier alpha value is -0.690. The van der Waals surface area contributed by atoms with Crippen LogP contribution in [0.5, 0.6) is 5.75 Å². The van der Waals surface area contributed by atoms with Gasteiger partial charge in [-0.15, -0.1) is 11.6 Å². The lowest BCUT2D eigenvalue weighted by molar-refractivity contribution is 0.283. The fourth-order valence-corrected chi connectivity index (χ4v) is 3.62. The molecule has 0 radical (unpaired) electrons. The summed E-state index contributed by atoms with van der Waals surface area (Å²) in [5.41, 5.74) is 2.63. The third-order valence-corrected chi connectivity index (χ3v) is 5.11. The average Bonchev–Trinajstić information content (AvgIpc) is 2.86. The highest BCUT2D eigenvalue weighted by Gasteiger charge is 2.26. The molecule has 1 aromatic rings. The number of alkyl halides is 1. The highest BCUT2D eigenvalue weighted by molar-refractivity contribution is 6.21. The van der Waals surface area contributed by atoms with Crippen LogP contribution in [-0.2, 0) is 6.42 Å². The second-order valence-electron chi connectivity index (χ2n) is 5.89. The maximum atomic E-state index is 6.69. The van der Waals surface area contributed by atoms with Gasteiger partial charge in [-0.05, 0) is 41.9 Å². The molecule has 1 heterocycles. The fraction of sp³-hybridized carbons (Fsp3) is 0.625. The first kappa shape index (κ1) is 12.3. The Labute approximate surface area is 114 Å². The molecule has 1 unspecified atom stereocenters. The van der Waals surface area contributed by atoms with Crippen LogP contribution in [0.15, 0.2) is 18.2 Å². The summed E-state index contributed by atoms with van der Waals surface area (Å²) in [6.45, 7) is 3.18. The van der Waals surface area contributed by atoms with Crippen molar-refractivity contribution < 1.29 is 4.74 Å². The lowest BCUT2D eigenvalue weighted by atomic mass is 9.79. The maximum absolute atomic E-state index is 6.69. The molecule has 2 aliphatic rings. The van der Waals surface area contributed by atoms with Crippen LogP contribution < -0.4 is 4.74 Å². The van der Waals surface area contributed by atoms with Gasteiger partial charge in [-0.3, -0.25) is 0 Å². The van der Waals surface area contributed by atoms with Crippen LogP contribution >= 0.6 is 11.6 Å². The summed E-state index contributed by atoms with van der Waals surface area (Å²) in [6.07, 6.45) is 6.27. The van der Waals surface area contributed by atoms with Gasteiger partial charge in [0.25, 0.3) is 0 Å². The molecule has 2 heteroatoms. The third kappa shape index (κ3) is 2.38.